The van der Waals surface area contributed by atoms with Gasteiger partial charge >= 0.3 is 0 Å². The van der Waals surface area contributed by atoms with Crippen molar-refractivity contribution >= 4 is 23.3 Å². The van der Waals surface area contributed by atoms with E-state index in [2.05, 4.69) is 20.3 Å². The second-order valence-corrected chi connectivity index (χ2v) is 4.38. The lowest BCUT2D eigenvalue weighted by molar-refractivity contribution is 0.0776. The summed E-state index contributed by atoms with van der Waals surface area (Å²) in [6.07, 6.45) is 3.35. The fourth-order valence-corrected chi connectivity index (χ4v) is 1.78. The maximum absolute atomic E-state index is 12.3. The average Bonchev–Trinajstić information content (AvgIpc) is 2.91. The molecule has 0 unspecified atom stereocenters. The van der Waals surface area contributed by atoms with Gasteiger partial charge in [-0.25, -0.2) is 9.97 Å². The molecule has 0 bridgehead atoms. The van der Waals surface area contributed by atoms with Crippen LogP contribution in [0.4, 0.5) is 5.82 Å². The number of anilines is 1. The zero-order chi connectivity index (χ0) is 13.8. The number of nitrogens with zero attached hydrogens (tertiary/aromatic N) is 3. The molecule has 0 radical (unpaired) electrons. The summed E-state index contributed by atoms with van der Waals surface area (Å²) < 4.78 is 0. The standard InChI is InChI=1S/C12H14ClN5O/c1-14-9-4-3-8(13)11(17-9)12(19)18(2)7-10-15-5-6-16-10/h3-6H,7H2,1-2H3,(H,14,17)(H,15,16). The smallest absolute Gasteiger partial charge is 0.274 e. The number of carbonyl (C=O) groups is 1. The Morgan fingerprint density at radius 3 is 2.95 bits per heavy atom. The van der Waals surface area contributed by atoms with Crippen molar-refractivity contribution in [2.75, 3.05) is 19.4 Å². The zero-order valence-corrected chi connectivity index (χ0v) is 11.4. The summed E-state index contributed by atoms with van der Waals surface area (Å²) in [5, 5.41) is 3.20. The minimum atomic E-state index is -0.251. The molecule has 19 heavy (non-hydrogen) atoms. The first-order valence-corrected chi connectivity index (χ1v) is 6.07. The zero-order valence-electron chi connectivity index (χ0n) is 10.6. The third-order valence-electron chi connectivity index (χ3n) is 2.59. The molecule has 2 heterocycles. The summed E-state index contributed by atoms with van der Waals surface area (Å²) in [5.74, 6) is 1.05. The van der Waals surface area contributed by atoms with Crippen LogP contribution in [0.3, 0.4) is 0 Å². The fraction of sp³-hybridized carbons (Fsp3) is 0.250. The van der Waals surface area contributed by atoms with Crippen LogP contribution in [0.5, 0.6) is 0 Å². The lowest BCUT2D eigenvalue weighted by Crippen LogP contribution is -2.28. The van der Waals surface area contributed by atoms with Gasteiger partial charge in [0.05, 0.1) is 11.6 Å². The highest BCUT2D eigenvalue weighted by Crippen LogP contribution is 2.18. The van der Waals surface area contributed by atoms with E-state index in [1.807, 2.05) is 0 Å². The number of aromatic nitrogens is 3. The molecular weight excluding hydrogens is 266 g/mol. The van der Waals surface area contributed by atoms with Gasteiger partial charge in [0.1, 0.15) is 17.3 Å². The number of amides is 1. The van der Waals surface area contributed by atoms with Crippen LogP contribution >= 0.6 is 11.6 Å². The Kier molecular flexibility index (Phi) is 4.01. The second kappa shape index (κ2) is 5.71. The van der Waals surface area contributed by atoms with E-state index < -0.39 is 0 Å². The molecule has 0 spiro atoms. The number of imidazole rings is 1. The SMILES string of the molecule is CNc1ccc(Cl)c(C(=O)N(C)Cc2ncc[nH]2)n1. The summed E-state index contributed by atoms with van der Waals surface area (Å²) in [4.78, 5) is 25.0. The maximum Gasteiger partial charge on any atom is 0.274 e. The minimum absolute atomic E-state index is 0.225. The van der Waals surface area contributed by atoms with Gasteiger partial charge < -0.3 is 15.2 Å². The molecule has 100 valence electrons. The number of hydrogen-bond donors (Lipinski definition) is 2. The summed E-state index contributed by atoms with van der Waals surface area (Å²) >= 11 is 6.01. The maximum atomic E-state index is 12.3. The van der Waals surface area contributed by atoms with Gasteiger partial charge in [-0.1, -0.05) is 11.6 Å². The van der Waals surface area contributed by atoms with E-state index in [0.29, 0.717) is 23.2 Å². The van der Waals surface area contributed by atoms with E-state index >= 15 is 0 Å². The van der Waals surface area contributed by atoms with Crippen molar-refractivity contribution in [3.05, 3.63) is 41.1 Å². The molecule has 2 aromatic rings. The van der Waals surface area contributed by atoms with Gasteiger partial charge in [0, 0.05) is 26.5 Å². The molecule has 0 atom stereocenters. The molecule has 2 aromatic heterocycles. The molecule has 0 saturated heterocycles. The van der Waals surface area contributed by atoms with Crippen molar-refractivity contribution in [3.8, 4) is 0 Å². The number of H-pyrrole nitrogens is 1. The van der Waals surface area contributed by atoms with Crippen LogP contribution in [0.1, 0.15) is 16.3 Å². The van der Waals surface area contributed by atoms with E-state index in [1.165, 1.54) is 4.90 Å². The fourth-order valence-electron chi connectivity index (χ4n) is 1.59. The summed E-state index contributed by atoms with van der Waals surface area (Å²) in [7, 11) is 3.41. The van der Waals surface area contributed by atoms with Gasteiger partial charge in [-0.2, -0.15) is 0 Å². The third kappa shape index (κ3) is 3.03. The topological polar surface area (TPSA) is 73.9 Å². The van der Waals surface area contributed by atoms with Crippen molar-refractivity contribution in [1.82, 2.24) is 19.9 Å². The van der Waals surface area contributed by atoms with Gasteiger partial charge in [-0.3, -0.25) is 4.79 Å². The Balaban J connectivity index is 2.18. The van der Waals surface area contributed by atoms with Crippen molar-refractivity contribution in [2.24, 2.45) is 0 Å². The highest BCUT2D eigenvalue weighted by Gasteiger charge is 2.18. The highest BCUT2D eigenvalue weighted by molar-refractivity contribution is 6.33. The Morgan fingerprint density at radius 1 is 1.53 bits per heavy atom. The second-order valence-electron chi connectivity index (χ2n) is 3.97. The van der Waals surface area contributed by atoms with Gasteiger partial charge in [-0.15, -0.1) is 0 Å². The summed E-state index contributed by atoms with van der Waals surface area (Å²) in [5.41, 5.74) is 0.225. The first kappa shape index (κ1) is 13.4. The van der Waals surface area contributed by atoms with E-state index in [-0.39, 0.29) is 11.6 Å². The Hall–Kier alpha value is -2.08. The molecule has 2 N–H and O–H groups in total. The quantitative estimate of drug-likeness (QED) is 0.894. The van der Waals surface area contributed by atoms with E-state index in [1.54, 1.807) is 38.6 Å². The number of halogens is 1. The lowest BCUT2D eigenvalue weighted by atomic mass is 10.3. The molecule has 0 aliphatic rings. The van der Waals surface area contributed by atoms with E-state index in [0.717, 1.165) is 0 Å². The number of pyridine rings is 1. The molecule has 6 nitrogen and oxygen atoms in total. The lowest BCUT2D eigenvalue weighted by Gasteiger charge is -2.16. The molecule has 0 aliphatic carbocycles. The first-order valence-electron chi connectivity index (χ1n) is 5.70. The summed E-state index contributed by atoms with van der Waals surface area (Å²) in [6, 6.07) is 3.36. The number of nitrogens with one attached hydrogen (secondary N) is 2. The van der Waals surface area contributed by atoms with Gasteiger partial charge in [-0.05, 0) is 12.1 Å². The number of rotatable bonds is 4. The number of hydrogen-bond acceptors (Lipinski definition) is 4. The van der Waals surface area contributed by atoms with Crippen LogP contribution in [0.2, 0.25) is 5.02 Å². The van der Waals surface area contributed by atoms with Crippen LogP contribution in [-0.4, -0.2) is 39.9 Å². The molecule has 7 heteroatoms. The number of carbonyl (C=O) groups excluding carboxylic acids is 1. The molecule has 1 amide bonds. The van der Waals surface area contributed by atoms with Crippen LogP contribution in [-0.2, 0) is 6.54 Å². The van der Waals surface area contributed by atoms with Crippen LogP contribution < -0.4 is 5.32 Å². The molecule has 0 saturated carbocycles. The molecule has 0 aromatic carbocycles. The predicted octanol–water partition coefficient (Wildman–Crippen LogP) is 1.77. The Bertz CT molecular complexity index is 570. The van der Waals surface area contributed by atoms with Gasteiger partial charge in [0.15, 0.2) is 0 Å². The number of aromatic amines is 1. The van der Waals surface area contributed by atoms with E-state index in [9.17, 15) is 4.79 Å². The van der Waals surface area contributed by atoms with Crippen molar-refractivity contribution in [3.63, 3.8) is 0 Å². The highest BCUT2D eigenvalue weighted by atomic mass is 35.5. The van der Waals surface area contributed by atoms with Crippen molar-refractivity contribution in [2.45, 2.75) is 6.54 Å². The normalized spacial score (nSPS) is 10.3. The van der Waals surface area contributed by atoms with Crippen LogP contribution in [0, 0.1) is 0 Å². The van der Waals surface area contributed by atoms with Gasteiger partial charge in [0.25, 0.3) is 5.91 Å². The van der Waals surface area contributed by atoms with E-state index in [4.69, 9.17) is 11.6 Å². The van der Waals surface area contributed by atoms with Crippen LogP contribution in [0.15, 0.2) is 24.5 Å². The van der Waals surface area contributed by atoms with Crippen molar-refractivity contribution < 1.29 is 4.79 Å². The minimum Gasteiger partial charge on any atom is -0.373 e. The predicted molar refractivity (Wildman–Crippen MR) is 73.2 cm³/mol. The first-order chi connectivity index (χ1) is 9.11. The monoisotopic (exact) mass is 279 g/mol. The van der Waals surface area contributed by atoms with Gasteiger partial charge in [0.2, 0.25) is 0 Å². The average molecular weight is 280 g/mol. The van der Waals surface area contributed by atoms with Crippen molar-refractivity contribution in [1.29, 1.82) is 0 Å². The molecule has 2 rings (SSSR count). The summed E-state index contributed by atoms with van der Waals surface area (Å²) in [6.45, 7) is 0.369. The Morgan fingerprint density at radius 2 is 2.32 bits per heavy atom. The largest absolute Gasteiger partial charge is 0.373 e. The van der Waals surface area contributed by atoms with Crippen LogP contribution in [0.25, 0.3) is 0 Å². The molecule has 0 fully saturated rings. The Labute approximate surface area is 115 Å². The molecular formula is C12H14ClN5O. The third-order valence-corrected chi connectivity index (χ3v) is 2.90. The molecule has 0 aliphatic heterocycles.